The molecule has 0 spiro atoms. The number of nitrogens with one attached hydrogen (secondary N) is 2. The van der Waals surface area contributed by atoms with E-state index in [1.54, 1.807) is 12.3 Å². The second-order valence-electron chi connectivity index (χ2n) is 5.88. The van der Waals surface area contributed by atoms with Gasteiger partial charge in [0, 0.05) is 13.1 Å². The van der Waals surface area contributed by atoms with Crippen molar-refractivity contribution in [3.8, 4) is 0 Å². The highest BCUT2D eigenvalue weighted by molar-refractivity contribution is 5.92. The molecule has 0 fully saturated rings. The van der Waals surface area contributed by atoms with Crippen LogP contribution in [0.25, 0.3) is 0 Å². The van der Waals surface area contributed by atoms with Crippen LogP contribution in [0.4, 0.5) is 5.69 Å². The van der Waals surface area contributed by atoms with Crippen molar-refractivity contribution in [1.29, 1.82) is 0 Å². The van der Waals surface area contributed by atoms with Crippen molar-refractivity contribution >= 4 is 11.6 Å². The summed E-state index contributed by atoms with van der Waals surface area (Å²) >= 11 is 0. The molecule has 22 heavy (non-hydrogen) atoms. The van der Waals surface area contributed by atoms with Crippen molar-refractivity contribution in [2.75, 3.05) is 11.9 Å². The topological polar surface area (TPSA) is 54.0 Å². The number of aryl methyl sites for hydroxylation is 1. The molecule has 4 nitrogen and oxygen atoms in total. The average molecular weight is 297 g/mol. The largest absolute Gasteiger partial charge is 0.380 e. The summed E-state index contributed by atoms with van der Waals surface area (Å²) in [5.41, 5.74) is 3.81. The number of hydrogen-bond donors (Lipinski definition) is 2. The molecule has 2 rings (SSSR count). The van der Waals surface area contributed by atoms with Gasteiger partial charge in [-0.15, -0.1) is 0 Å². The van der Waals surface area contributed by atoms with Crippen molar-refractivity contribution in [1.82, 2.24) is 10.3 Å². The van der Waals surface area contributed by atoms with Crippen molar-refractivity contribution in [2.24, 2.45) is 5.92 Å². The summed E-state index contributed by atoms with van der Waals surface area (Å²) in [5, 5.41) is 6.16. The van der Waals surface area contributed by atoms with Gasteiger partial charge in [-0.3, -0.25) is 4.79 Å². The van der Waals surface area contributed by atoms with Gasteiger partial charge in [0.2, 0.25) is 0 Å². The molecule has 4 heteroatoms. The standard InChI is InChI=1S/C18H23N3O/c1-13(2)10-21-18(22)17-9-8-16(12-20-17)19-11-15-6-4-14(3)5-7-15/h4-9,12-13,19H,10-11H2,1-3H3,(H,21,22). The van der Waals surface area contributed by atoms with E-state index in [1.807, 2.05) is 6.07 Å². The Morgan fingerprint density at radius 3 is 2.45 bits per heavy atom. The van der Waals surface area contributed by atoms with E-state index in [4.69, 9.17) is 0 Å². The maximum Gasteiger partial charge on any atom is 0.269 e. The van der Waals surface area contributed by atoms with Crippen molar-refractivity contribution in [3.63, 3.8) is 0 Å². The fraction of sp³-hybridized carbons (Fsp3) is 0.333. The van der Waals surface area contributed by atoms with E-state index in [2.05, 4.69) is 60.7 Å². The molecule has 0 aliphatic carbocycles. The normalized spacial score (nSPS) is 10.5. The van der Waals surface area contributed by atoms with Crippen molar-refractivity contribution in [3.05, 3.63) is 59.4 Å². The number of hydrogen-bond acceptors (Lipinski definition) is 3. The summed E-state index contributed by atoms with van der Waals surface area (Å²) < 4.78 is 0. The van der Waals surface area contributed by atoms with E-state index in [9.17, 15) is 4.79 Å². The van der Waals surface area contributed by atoms with Crippen LogP contribution in [-0.2, 0) is 6.54 Å². The van der Waals surface area contributed by atoms with Gasteiger partial charge in [0.25, 0.3) is 5.91 Å². The molecule has 116 valence electrons. The van der Waals surface area contributed by atoms with Crippen LogP contribution < -0.4 is 10.6 Å². The van der Waals surface area contributed by atoms with Gasteiger partial charge in [-0.05, 0) is 30.5 Å². The monoisotopic (exact) mass is 297 g/mol. The van der Waals surface area contributed by atoms with Crippen LogP contribution in [0.2, 0.25) is 0 Å². The minimum absolute atomic E-state index is 0.126. The Morgan fingerprint density at radius 1 is 1.14 bits per heavy atom. The quantitative estimate of drug-likeness (QED) is 0.859. The summed E-state index contributed by atoms with van der Waals surface area (Å²) in [6.45, 7) is 7.59. The Labute approximate surface area is 132 Å². The molecule has 0 saturated heterocycles. The zero-order valence-electron chi connectivity index (χ0n) is 13.4. The predicted octanol–water partition coefficient (Wildman–Crippen LogP) is 3.39. The highest BCUT2D eigenvalue weighted by atomic mass is 16.1. The first kappa shape index (κ1) is 16.0. The smallest absolute Gasteiger partial charge is 0.269 e. The molecule has 0 radical (unpaired) electrons. The molecule has 0 atom stereocenters. The van der Waals surface area contributed by atoms with Crippen LogP contribution >= 0.6 is 0 Å². The van der Waals surface area contributed by atoms with E-state index in [0.717, 1.165) is 12.2 Å². The summed E-state index contributed by atoms with van der Waals surface area (Å²) in [6.07, 6.45) is 1.69. The van der Waals surface area contributed by atoms with Crippen molar-refractivity contribution < 1.29 is 4.79 Å². The fourth-order valence-corrected chi connectivity index (χ4v) is 1.93. The number of carbonyl (C=O) groups excluding carboxylic acids is 1. The molecular formula is C18H23N3O. The van der Waals surface area contributed by atoms with Crippen molar-refractivity contribution in [2.45, 2.75) is 27.3 Å². The highest BCUT2D eigenvalue weighted by Gasteiger charge is 2.07. The Morgan fingerprint density at radius 2 is 1.86 bits per heavy atom. The second kappa shape index (κ2) is 7.59. The number of pyridine rings is 1. The minimum Gasteiger partial charge on any atom is -0.380 e. The van der Waals surface area contributed by atoms with Gasteiger partial charge < -0.3 is 10.6 Å². The molecule has 2 aromatic rings. The van der Waals surface area contributed by atoms with Gasteiger partial charge in [0.1, 0.15) is 5.69 Å². The molecule has 0 unspecified atom stereocenters. The molecule has 1 amide bonds. The van der Waals surface area contributed by atoms with E-state index < -0.39 is 0 Å². The molecule has 1 aromatic heterocycles. The van der Waals surface area contributed by atoms with E-state index in [-0.39, 0.29) is 5.91 Å². The summed E-state index contributed by atoms with van der Waals surface area (Å²) in [7, 11) is 0. The van der Waals surface area contributed by atoms with Crippen LogP contribution in [-0.4, -0.2) is 17.4 Å². The number of nitrogens with zero attached hydrogens (tertiary/aromatic N) is 1. The van der Waals surface area contributed by atoms with Crippen LogP contribution in [0.1, 0.15) is 35.5 Å². The fourth-order valence-electron chi connectivity index (χ4n) is 1.93. The molecule has 0 aliphatic rings. The van der Waals surface area contributed by atoms with Crippen LogP contribution in [0.15, 0.2) is 42.6 Å². The van der Waals surface area contributed by atoms with E-state index in [1.165, 1.54) is 11.1 Å². The summed E-state index contributed by atoms with van der Waals surface area (Å²) in [5.74, 6) is 0.304. The zero-order valence-corrected chi connectivity index (χ0v) is 13.4. The van der Waals surface area contributed by atoms with E-state index >= 15 is 0 Å². The van der Waals surface area contributed by atoms with E-state index in [0.29, 0.717) is 18.2 Å². The van der Waals surface area contributed by atoms with Gasteiger partial charge in [0.15, 0.2) is 0 Å². The number of carbonyl (C=O) groups is 1. The Balaban J connectivity index is 1.88. The van der Waals surface area contributed by atoms with Gasteiger partial charge in [0.05, 0.1) is 11.9 Å². The van der Waals surface area contributed by atoms with Gasteiger partial charge in [-0.2, -0.15) is 0 Å². The number of aromatic nitrogens is 1. The number of amides is 1. The first-order valence-corrected chi connectivity index (χ1v) is 7.58. The lowest BCUT2D eigenvalue weighted by Gasteiger charge is -2.09. The third-order valence-corrected chi connectivity index (χ3v) is 3.28. The number of rotatable bonds is 6. The Hall–Kier alpha value is -2.36. The highest BCUT2D eigenvalue weighted by Crippen LogP contribution is 2.10. The Bertz CT molecular complexity index is 603. The Kier molecular flexibility index (Phi) is 5.53. The van der Waals surface area contributed by atoms with Crippen LogP contribution in [0.5, 0.6) is 0 Å². The SMILES string of the molecule is Cc1ccc(CNc2ccc(C(=O)NCC(C)C)nc2)cc1. The van der Waals surface area contributed by atoms with Crippen LogP contribution in [0.3, 0.4) is 0 Å². The van der Waals surface area contributed by atoms with Gasteiger partial charge in [-0.1, -0.05) is 43.7 Å². The molecule has 1 aromatic carbocycles. The number of anilines is 1. The average Bonchev–Trinajstić information content (AvgIpc) is 2.52. The molecule has 0 saturated carbocycles. The molecule has 2 N–H and O–H groups in total. The first-order chi connectivity index (χ1) is 10.5. The van der Waals surface area contributed by atoms with Gasteiger partial charge >= 0.3 is 0 Å². The first-order valence-electron chi connectivity index (χ1n) is 7.58. The second-order valence-corrected chi connectivity index (χ2v) is 5.88. The molecular weight excluding hydrogens is 274 g/mol. The summed E-state index contributed by atoms with van der Waals surface area (Å²) in [6, 6.07) is 12.0. The number of benzene rings is 1. The van der Waals surface area contributed by atoms with Gasteiger partial charge in [-0.25, -0.2) is 4.98 Å². The molecule has 1 heterocycles. The summed E-state index contributed by atoms with van der Waals surface area (Å²) in [4.78, 5) is 16.1. The lowest BCUT2D eigenvalue weighted by atomic mass is 10.1. The lowest BCUT2D eigenvalue weighted by molar-refractivity contribution is 0.0944. The zero-order chi connectivity index (χ0) is 15.9. The third kappa shape index (κ3) is 4.88. The maximum atomic E-state index is 11.9. The maximum absolute atomic E-state index is 11.9. The lowest BCUT2D eigenvalue weighted by Crippen LogP contribution is -2.27. The van der Waals surface area contributed by atoms with Crippen LogP contribution in [0, 0.1) is 12.8 Å². The third-order valence-electron chi connectivity index (χ3n) is 3.28. The molecule has 0 aliphatic heterocycles. The molecule has 0 bridgehead atoms. The predicted molar refractivity (Wildman–Crippen MR) is 89.9 cm³/mol. The minimum atomic E-state index is -0.126.